The average Bonchev–Trinajstić information content (AvgIpc) is 3.13. The normalized spacial score (nSPS) is 16.1. The fourth-order valence-corrected chi connectivity index (χ4v) is 3.96. The highest BCUT2D eigenvalue weighted by atomic mass is 19.4. The van der Waals surface area contributed by atoms with Gasteiger partial charge in [0.15, 0.2) is 11.5 Å². The molecule has 1 unspecified atom stereocenters. The Hall–Kier alpha value is -4.73. The number of rotatable bonds is 6. The predicted molar refractivity (Wildman–Crippen MR) is 125 cm³/mol. The number of ketones is 1. The van der Waals surface area contributed by atoms with E-state index in [1.54, 1.807) is 30.3 Å². The largest absolute Gasteiger partial charge is 0.503 e. The van der Waals surface area contributed by atoms with Crippen molar-refractivity contribution in [2.75, 3.05) is 4.90 Å². The van der Waals surface area contributed by atoms with Crippen LogP contribution in [0.4, 0.5) is 24.5 Å². The maximum absolute atomic E-state index is 13.4. The number of nitro benzene ring substituents is 1. The van der Waals surface area contributed by atoms with Gasteiger partial charge in [0.1, 0.15) is 6.04 Å². The van der Waals surface area contributed by atoms with Crippen LogP contribution in [0.5, 0.6) is 0 Å². The second kappa shape index (κ2) is 9.49. The van der Waals surface area contributed by atoms with E-state index in [0.717, 1.165) is 29.2 Å². The second-order valence-electron chi connectivity index (χ2n) is 7.81. The van der Waals surface area contributed by atoms with Gasteiger partial charge in [-0.05, 0) is 35.9 Å². The number of carbonyl (C=O) groups is 2. The van der Waals surface area contributed by atoms with E-state index >= 15 is 0 Å². The van der Waals surface area contributed by atoms with Crippen molar-refractivity contribution in [3.63, 3.8) is 0 Å². The molecule has 1 aliphatic heterocycles. The Labute approximate surface area is 202 Å². The van der Waals surface area contributed by atoms with Crippen molar-refractivity contribution < 1.29 is 32.8 Å². The molecule has 0 fully saturated rings. The van der Waals surface area contributed by atoms with Crippen LogP contribution >= 0.6 is 0 Å². The number of hydrogen-bond donors (Lipinski definition) is 1. The fraction of sp³-hybridized carbons (Fsp3) is 0.0769. The van der Waals surface area contributed by atoms with E-state index in [9.17, 15) is 38.0 Å². The summed E-state index contributed by atoms with van der Waals surface area (Å²) in [5.74, 6) is -2.99. The Morgan fingerprint density at radius 1 is 1.00 bits per heavy atom. The fourth-order valence-electron chi connectivity index (χ4n) is 3.96. The highest BCUT2D eigenvalue weighted by molar-refractivity contribution is 6.20. The van der Waals surface area contributed by atoms with Crippen LogP contribution in [-0.4, -0.2) is 21.7 Å². The Balaban J connectivity index is 1.88. The molecule has 1 aliphatic rings. The van der Waals surface area contributed by atoms with Gasteiger partial charge in [-0.15, -0.1) is 0 Å². The maximum Gasteiger partial charge on any atom is 0.416 e. The minimum absolute atomic E-state index is 0.145. The number of nitrogens with zero attached hydrogens (tertiary/aromatic N) is 2. The average molecular weight is 494 g/mol. The van der Waals surface area contributed by atoms with E-state index in [2.05, 4.69) is 0 Å². The molecule has 1 N–H and O–H groups in total. The number of nitro groups is 1. The zero-order valence-corrected chi connectivity index (χ0v) is 18.3. The van der Waals surface area contributed by atoms with E-state index in [1.165, 1.54) is 30.3 Å². The third-order valence-electron chi connectivity index (χ3n) is 5.58. The van der Waals surface area contributed by atoms with Crippen LogP contribution in [0.1, 0.15) is 22.7 Å². The van der Waals surface area contributed by atoms with Crippen molar-refractivity contribution in [2.24, 2.45) is 0 Å². The molecule has 0 saturated heterocycles. The van der Waals surface area contributed by atoms with Gasteiger partial charge in [0.05, 0.1) is 21.6 Å². The highest BCUT2D eigenvalue weighted by Crippen LogP contribution is 2.44. The van der Waals surface area contributed by atoms with Crippen molar-refractivity contribution in [3.05, 3.63) is 123 Å². The molecule has 1 atom stereocenters. The predicted octanol–water partition coefficient (Wildman–Crippen LogP) is 5.80. The summed E-state index contributed by atoms with van der Waals surface area (Å²) in [6.07, 6.45) is -2.22. The number of anilines is 1. The van der Waals surface area contributed by atoms with Crippen LogP contribution in [0.15, 0.2) is 96.3 Å². The van der Waals surface area contributed by atoms with Crippen LogP contribution < -0.4 is 4.90 Å². The SMILES string of the molecule is O=C(C=Cc1ccccc1)C1=C(O)C(=O)N(c2cccc(C(F)(F)F)c2)C1c1ccccc1[N+](=O)[O-]. The molecule has 3 aromatic carbocycles. The van der Waals surface area contributed by atoms with Gasteiger partial charge in [0.25, 0.3) is 11.6 Å². The van der Waals surface area contributed by atoms with Gasteiger partial charge in [-0.2, -0.15) is 13.2 Å². The van der Waals surface area contributed by atoms with E-state index in [-0.39, 0.29) is 11.3 Å². The molecular weight excluding hydrogens is 477 g/mol. The lowest BCUT2D eigenvalue weighted by molar-refractivity contribution is -0.385. The number of aliphatic hydroxyl groups excluding tert-OH is 1. The lowest BCUT2D eigenvalue weighted by Gasteiger charge is -2.27. The summed E-state index contributed by atoms with van der Waals surface area (Å²) < 4.78 is 40.1. The summed E-state index contributed by atoms with van der Waals surface area (Å²) >= 11 is 0. The van der Waals surface area contributed by atoms with Gasteiger partial charge in [-0.3, -0.25) is 24.6 Å². The first-order valence-electron chi connectivity index (χ1n) is 10.5. The molecule has 3 aromatic rings. The molecule has 0 radical (unpaired) electrons. The van der Waals surface area contributed by atoms with Crippen LogP contribution in [0.3, 0.4) is 0 Å². The number of hydrogen-bond acceptors (Lipinski definition) is 5. The molecule has 1 heterocycles. The van der Waals surface area contributed by atoms with Gasteiger partial charge in [-0.25, -0.2) is 0 Å². The molecular formula is C26H17F3N2O5. The van der Waals surface area contributed by atoms with Crippen molar-refractivity contribution in [2.45, 2.75) is 12.2 Å². The van der Waals surface area contributed by atoms with E-state index in [1.807, 2.05) is 0 Å². The first-order chi connectivity index (χ1) is 17.1. The minimum atomic E-state index is -4.74. The molecule has 0 aliphatic carbocycles. The van der Waals surface area contributed by atoms with Crippen molar-refractivity contribution in [1.29, 1.82) is 0 Å². The van der Waals surface area contributed by atoms with E-state index < -0.39 is 51.4 Å². The van der Waals surface area contributed by atoms with Gasteiger partial charge in [0.2, 0.25) is 0 Å². The molecule has 182 valence electrons. The summed E-state index contributed by atoms with van der Waals surface area (Å²) in [6.45, 7) is 0. The zero-order valence-electron chi connectivity index (χ0n) is 18.3. The number of benzene rings is 3. The van der Waals surface area contributed by atoms with Gasteiger partial charge in [-0.1, -0.05) is 54.6 Å². The van der Waals surface area contributed by atoms with Crippen molar-refractivity contribution >= 4 is 29.1 Å². The van der Waals surface area contributed by atoms with Crippen LogP contribution in [0, 0.1) is 10.1 Å². The monoisotopic (exact) mass is 494 g/mol. The first-order valence-corrected chi connectivity index (χ1v) is 10.5. The first kappa shape index (κ1) is 24.4. The number of halogens is 3. The molecule has 4 rings (SSSR count). The number of aliphatic hydroxyl groups is 1. The third-order valence-corrected chi connectivity index (χ3v) is 5.58. The summed E-state index contributed by atoms with van der Waals surface area (Å²) in [7, 11) is 0. The second-order valence-corrected chi connectivity index (χ2v) is 7.81. The van der Waals surface area contributed by atoms with Crippen LogP contribution in [-0.2, 0) is 15.8 Å². The van der Waals surface area contributed by atoms with E-state index in [0.29, 0.717) is 11.6 Å². The summed E-state index contributed by atoms with van der Waals surface area (Å²) in [5, 5.41) is 22.4. The summed E-state index contributed by atoms with van der Waals surface area (Å²) in [5.41, 5.74) is -1.84. The van der Waals surface area contributed by atoms with Crippen molar-refractivity contribution in [3.8, 4) is 0 Å². The number of carbonyl (C=O) groups excluding carboxylic acids is 2. The smallest absolute Gasteiger partial charge is 0.416 e. The third kappa shape index (κ3) is 4.61. The molecule has 7 nitrogen and oxygen atoms in total. The molecule has 36 heavy (non-hydrogen) atoms. The highest BCUT2D eigenvalue weighted by Gasteiger charge is 2.46. The molecule has 1 amide bonds. The lowest BCUT2D eigenvalue weighted by Crippen LogP contribution is -2.31. The van der Waals surface area contributed by atoms with Crippen molar-refractivity contribution in [1.82, 2.24) is 0 Å². The Morgan fingerprint density at radius 3 is 2.33 bits per heavy atom. The molecule has 0 aromatic heterocycles. The maximum atomic E-state index is 13.4. The van der Waals surface area contributed by atoms with Gasteiger partial charge >= 0.3 is 6.18 Å². The summed E-state index contributed by atoms with van der Waals surface area (Å²) in [4.78, 5) is 38.1. The number of para-hydroxylation sites is 1. The molecule has 0 spiro atoms. The van der Waals surface area contributed by atoms with Gasteiger partial charge < -0.3 is 5.11 Å². The molecule has 10 heteroatoms. The Morgan fingerprint density at radius 2 is 1.67 bits per heavy atom. The number of allylic oxidation sites excluding steroid dienone is 1. The van der Waals surface area contributed by atoms with Crippen LogP contribution in [0.25, 0.3) is 6.08 Å². The van der Waals surface area contributed by atoms with Gasteiger partial charge in [0, 0.05) is 11.8 Å². The summed E-state index contributed by atoms with van der Waals surface area (Å²) in [6, 6.07) is 16.0. The topological polar surface area (TPSA) is 101 Å². The Bertz CT molecular complexity index is 1410. The lowest BCUT2D eigenvalue weighted by atomic mass is 9.94. The number of alkyl halides is 3. The number of amides is 1. The quantitative estimate of drug-likeness (QED) is 0.265. The molecule has 0 saturated carbocycles. The minimum Gasteiger partial charge on any atom is -0.503 e. The van der Waals surface area contributed by atoms with E-state index in [4.69, 9.17) is 0 Å². The zero-order chi connectivity index (χ0) is 26.0. The standard InChI is InChI=1S/C26H17F3N2O5/c27-26(28,29)17-9-6-10-18(15-17)30-23(19-11-4-5-12-20(19)31(35)36)22(24(33)25(30)34)21(32)14-13-16-7-2-1-3-8-16/h1-15,23,33H. The Kier molecular flexibility index (Phi) is 6.43. The van der Waals surface area contributed by atoms with Crippen LogP contribution in [0.2, 0.25) is 0 Å². The molecule has 0 bridgehead atoms.